The SMILES string of the molecule is C=C1C[C@H]2[C@@H]3CCC4=CC(=O)CC[C@@H]4[C@H]3CC[C@]2(C)[C@]1(O)C=CCO. The van der Waals surface area contributed by atoms with Crippen molar-refractivity contribution in [2.45, 2.75) is 57.5 Å². The molecule has 0 unspecified atom stereocenters. The lowest BCUT2D eigenvalue weighted by atomic mass is 9.50. The lowest BCUT2D eigenvalue weighted by molar-refractivity contribution is -0.116. The van der Waals surface area contributed by atoms with Crippen LogP contribution in [0.25, 0.3) is 0 Å². The summed E-state index contributed by atoms with van der Waals surface area (Å²) >= 11 is 0. The van der Waals surface area contributed by atoms with Crippen LogP contribution in [-0.2, 0) is 4.79 Å². The minimum atomic E-state index is -0.996. The molecule has 0 radical (unpaired) electrons. The summed E-state index contributed by atoms with van der Waals surface area (Å²) in [6, 6.07) is 0. The van der Waals surface area contributed by atoms with E-state index in [-0.39, 0.29) is 12.0 Å². The van der Waals surface area contributed by atoms with Crippen molar-refractivity contribution in [3.05, 3.63) is 36.0 Å². The third-order valence-electron chi connectivity index (χ3n) is 8.03. The van der Waals surface area contributed by atoms with Crippen molar-refractivity contribution in [1.82, 2.24) is 0 Å². The molecule has 4 aliphatic rings. The predicted octanol–water partition coefficient (Wildman–Crippen LogP) is 3.57. The van der Waals surface area contributed by atoms with Crippen molar-refractivity contribution in [3.63, 3.8) is 0 Å². The molecule has 0 aromatic rings. The molecule has 3 fully saturated rings. The predicted molar refractivity (Wildman–Crippen MR) is 97.8 cm³/mol. The molecular weight excluding hydrogens is 312 g/mol. The number of aliphatic hydroxyl groups is 2. The average molecular weight is 342 g/mol. The second kappa shape index (κ2) is 5.92. The number of rotatable bonds is 2. The highest BCUT2D eigenvalue weighted by molar-refractivity contribution is 5.91. The summed E-state index contributed by atoms with van der Waals surface area (Å²) < 4.78 is 0. The van der Waals surface area contributed by atoms with Gasteiger partial charge in [-0.25, -0.2) is 0 Å². The van der Waals surface area contributed by atoms with Crippen molar-refractivity contribution in [1.29, 1.82) is 0 Å². The zero-order valence-corrected chi connectivity index (χ0v) is 15.2. The van der Waals surface area contributed by atoms with Crippen LogP contribution in [0.15, 0.2) is 36.0 Å². The van der Waals surface area contributed by atoms with Crippen LogP contribution in [0.1, 0.15) is 51.9 Å². The molecule has 0 bridgehead atoms. The maximum Gasteiger partial charge on any atom is 0.155 e. The minimum absolute atomic E-state index is 0.0490. The van der Waals surface area contributed by atoms with E-state index < -0.39 is 5.60 Å². The smallest absolute Gasteiger partial charge is 0.155 e. The Kier molecular flexibility index (Phi) is 4.08. The molecule has 0 amide bonds. The lowest BCUT2D eigenvalue weighted by Crippen LogP contribution is -2.52. The fraction of sp³-hybridized carbons (Fsp3) is 0.682. The summed E-state index contributed by atoms with van der Waals surface area (Å²) in [7, 11) is 0. The Labute approximate surface area is 150 Å². The number of aliphatic hydroxyl groups excluding tert-OH is 1. The first-order chi connectivity index (χ1) is 11.9. The second-order valence-corrected chi connectivity index (χ2v) is 8.92. The highest BCUT2D eigenvalue weighted by atomic mass is 16.3. The zero-order chi connectivity index (χ0) is 17.8. The van der Waals surface area contributed by atoms with E-state index in [1.165, 1.54) is 5.57 Å². The third kappa shape index (κ3) is 2.35. The largest absolute Gasteiger partial charge is 0.392 e. The molecule has 2 N–H and O–H groups in total. The van der Waals surface area contributed by atoms with Crippen molar-refractivity contribution < 1.29 is 15.0 Å². The van der Waals surface area contributed by atoms with E-state index >= 15 is 0 Å². The van der Waals surface area contributed by atoms with Crippen LogP contribution in [0.5, 0.6) is 0 Å². The van der Waals surface area contributed by atoms with Gasteiger partial charge in [0.05, 0.1) is 6.61 Å². The van der Waals surface area contributed by atoms with Crippen LogP contribution in [0.2, 0.25) is 0 Å². The van der Waals surface area contributed by atoms with Crippen LogP contribution < -0.4 is 0 Å². The lowest BCUT2D eigenvalue weighted by Gasteiger charge is -2.55. The first kappa shape index (κ1) is 17.2. The van der Waals surface area contributed by atoms with Crippen LogP contribution in [-0.4, -0.2) is 28.2 Å². The molecule has 4 aliphatic carbocycles. The van der Waals surface area contributed by atoms with Gasteiger partial charge < -0.3 is 10.2 Å². The fourth-order valence-electron chi connectivity index (χ4n) is 6.71. The van der Waals surface area contributed by atoms with Crippen LogP contribution in [0, 0.1) is 29.1 Å². The minimum Gasteiger partial charge on any atom is -0.392 e. The molecule has 6 atom stereocenters. The van der Waals surface area contributed by atoms with Crippen molar-refractivity contribution in [2.75, 3.05) is 6.61 Å². The fourth-order valence-corrected chi connectivity index (χ4v) is 6.71. The van der Waals surface area contributed by atoms with Gasteiger partial charge in [-0.15, -0.1) is 0 Å². The highest BCUT2D eigenvalue weighted by Crippen LogP contribution is 2.66. The van der Waals surface area contributed by atoms with Gasteiger partial charge >= 0.3 is 0 Å². The summed E-state index contributed by atoms with van der Waals surface area (Å²) in [5.74, 6) is 2.61. The van der Waals surface area contributed by atoms with Crippen LogP contribution in [0.3, 0.4) is 0 Å². The third-order valence-corrected chi connectivity index (χ3v) is 8.03. The molecule has 0 heterocycles. The van der Waals surface area contributed by atoms with Gasteiger partial charge in [0.1, 0.15) is 5.60 Å². The number of carbonyl (C=O) groups is 1. The average Bonchev–Trinajstić information content (AvgIpc) is 2.80. The van der Waals surface area contributed by atoms with E-state index in [0.717, 1.165) is 44.1 Å². The summed E-state index contributed by atoms with van der Waals surface area (Å²) in [5, 5.41) is 20.6. The first-order valence-corrected chi connectivity index (χ1v) is 9.83. The molecule has 3 heteroatoms. The maximum atomic E-state index is 11.8. The first-order valence-electron chi connectivity index (χ1n) is 9.83. The maximum absolute atomic E-state index is 11.8. The Morgan fingerprint density at radius 1 is 1.28 bits per heavy atom. The van der Waals surface area contributed by atoms with Gasteiger partial charge in [0.25, 0.3) is 0 Å². The Morgan fingerprint density at radius 3 is 2.84 bits per heavy atom. The number of fused-ring (bicyclic) bond motifs is 5. The Morgan fingerprint density at radius 2 is 2.08 bits per heavy atom. The van der Waals surface area contributed by atoms with E-state index in [4.69, 9.17) is 0 Å². The number of carbonyl (C=O) groups excluding carboxylic acids is 1. The molecule has 0 aromatic heterocycles. The molecular formula is C22H30O3. The molecule has 0 spiro atoms. The van der Waals surface area contributed by atoms with Crippen molar-refractivity contribution in [3.8, 4) is 0 Å². The Hall–Kier alpha value is -1.19. The monoisotopic (exact) mass is 342 g/mol. The molecule has 0 saturated heterocycles. The van der Waals surface area contributed by atoms with Crippen LogP contribution in [0.4, 0.5) is 0 Å². The van der Waals surface area contributed by atoms with E-state index in [0.29, 0.717) is 35.9 Å². The summed E-state index contributed by atoms with van der Waals surface area (Å²) in [6.07, 6.45) is 12.3. The van der Waals surface area contributed by atoms with E-state index in [9.17, 15) is 15.0 Å². The molecule has 3 saturated carbocycles. The molecule has 136 valence electrons. The quantitative estimate of drug-likeness (QED) is 0.754. The zero-order valence-electron chi connectivity index (χ0n) is 15.2. The van der Waals surface area contributed by atoms with Gasteiger partial charge in [-0.1, -0.05) is 31.2 Å². The van der Waals surface area contributed by atoms with Crippen LogP contribution >= 0.6 is 0 Å². The van der Waals surface area contributed by atoms with Gasteiger partial charge in [-0.05, 0) is 73.8 Å². The number of hydrogen-bond donors (Lipinski definition) is 2. The number of allylic oxidation sites excluding steroid dienone is 1. The molecule has 0 aliphatic heterocycles. The van der Waals surface area contributed by atoms with Gasteiger partial charge in [-0.2, -0.15) is 0 Å². The number of hydrogen-bond acceptors (Lipinski definition) is 3. The highest BCUT2D eigenvalue weighted by Gasteiger charge is 2.62. The molecule has 0 aromatic carbocycles. The molecule has 25 heavy (non-hydrogen) atoms. The molecule has 3 nitrogen and oxygen atoms in total. The summed E-state index contributed by atoms with van der Waals surface area (Å²) in [4.78, 5) is 11.8. The van der Waals surface area contributed by atoms with Gasteiger partial charge in [0.2, 0.25) is 0 Å². The standard InChI is InChI=1S/C22H30O3/c1-14-12-20-19-6-4-15-13-16(24)5-7-17(15)18(19)8-10-21(20,2)22(14,25)9-3-11-23/h3,9,13,17-20,23,25H,1,4-8,10-12H2,2H3/t17-,18+,19+,20-,21-,22-/m0/s1. The van der Waals surface area contributed by atoms with E-state index in [2.05, 4.69) is 13.5 Å². The van der Waals surface area contributed by atoms with Gasteiger partial charge in [0, 0.05) is 11.8 Å². The van der Waals surface area contributed by atoms with Crippen molar-refractivity contribution in [2.24, 2.45) is 29.1 Å². The Balaban J connectivity index is 1.66. The van der Waals surface area contributed by atoms with Crippen molar-refractivity contribution >= 4 is 5.78 Å². The van der Waals surface area contributed by atoms with E-state index in [1.54, 1.807) is 12.2 Å². The summed E-state index contributed by atoms with van der Waals surface area (Å²) in [5.41, 5.74) is 1.12. The summed E-state index contributed by atoms with van der Waals surface area (Å²) in [6.45, 7) is 6.40. The van der Waals surface area contributed by atoms with E-state index in [1.807, 2.05) is 6.08 Å². The normalized spacial score (nSPS) is 46.6. The van der Waals surface area contributed by atoms with Gasteiger partial charge in [-0.3, -0.25) is 4.79 Å². The topological polar surface area (TPSA) is 57.5 Å². The molecule has 4 rings (SSSR count). The Bertz CT molecular complexity index is 660. The van der Waals surface area contributed by atoms with Gasteiger partial charge in [0.15, 0.2) is 5.78 Å². The number of ketones is 1. The second-order valence-electron chi connectivity index (χ2n) is 8.92.